The van der Waals surface area contributed by atoms with Crippen LogP contribution in [0.4, 0.5) is 0 Å². The summed E-state index contributed by atoms with van der Waals surface area (Å²) in [5, 5.41) is 25.4. The van der Waals surface area contributed by atoms with Crippen molar-refractivity contribution in [3.63, 3.8) is 0 Å². The molecule has 2 N–H and O–H groups in total. The SMILES string of the molecule is CC(=O)O[C@H]1C[C@@]2(O)[C@@H](OC(=O)c3ccccc3)[C@@H]3[C@]4(OC(C)=O)CO[C@@H]4C[C@H](O)[C@@]3(C)C(=O)[C@H](OC(=O)/C=C/c3ccccc3)C(=C1C)C2(C)C. The summed E-state index contributed by atoms with van der Waals surface area (Å²) in [5.74, 6) is -5.40. The van der Waals surface area contributed by atoms with Crippen LogP contribution in [0.15, 0.2) is 77.9 Å². The normalized spacial score (nSPS) is 34.8. The molecule has 2 aromatic rings. The molecule has 0 aromatic heterocycles. The Kier molecular flexibility index (Phi) is 9.56. The lowest BCUT2D eigenvalue weighted by Gasteiger charge is -2.67. The topological polar surface area (TPSA) is 172 Å². The predicted molar refractivity (Wildman–Crippen MR) is 184 cm³/mol. The second-order valence-corrected chi connectivity index (χ2v) is 14.9. The van der Waals surface area contributed by atoms with E-state index in [2.05, 4.69) is 0 Å². The summed E-state index contributed by atoms with van der Waals surface area (Å²) in [7, 11) is 0. The van der Waals surface area contributed by atoms with Crippen LogP contribution < -0.4 is 0 Å². The first-order chi connectivity index (χ1) is 24.5. The first-order valence-electron chi connectivity index (χ1n) is 17.3. The summed E-state index contributed by atoms with van der Waals surface area (Å²) in [6.45, 7) is 8.47. The van der Waals surface area contributed by atoms with Crippen LogP contribution in [0.25, 0.3) is 6.08 Å². The van der Waals surface area contributed by atoms with E-state index in [1.54, 1.807) is 63.2 Å². The van der Waals surface area contributed by atoms with Crippen LogP contribution >= 0.6 is 0 Å². The highest BCUT2D eigenvalue weighted by Crippen LogP contribution is 2.64. The number of ether oxygens (including phenoxy) is 5. The van der Waals surface area contributed by atoms with Crippen molar-refractivity contribution < 1.29 is 57.9 Å². The van der Waals surface area contributed by atoms with E-state index in [0.29, 0.717) is 11.1 Å². The molecule has 2 aromatic carbocycles. The van der Waals surface area contributed by atoms with Crippen molar-refractivity contribution in [1.82, 2.24) is 0 Å². The van der Waals surface area contributed by atoms with Gasteiger partial charge in [0, 0.05) is 38.2 Å². The highest BCUT2D eigenvalue weighted by atomic mass is 16.6. The summed E-state index contributed by atoms with van der Waals surface area (Å²) in [5.41, 5.74) is -6.09. The molecule has 6 rings (SSSR count). The van der Waals surface area contributed by atoms with E-state index in [1.807, 2.05) is 6.07 Å². The van der Waals surface area contributed by atoms with Crippen molar-refractivity contribution in [2.24, 2.45) is 16.7 Å². The van der Waals surface area contributed by atoms with Gasteiger partial charge in [-0.1, -0.05) is 62.4 Å². The fourth-order valence-electron chi connectivity index (χ4n) is 8.94. The van der Waals surface area contributed by atoms with E-state index in [1.165, 1.54) is 45.1 Å². The number of carbonyl (C=O) groups excluding carboxylic acids is 5. The van der Waals surface area contributed by atoms with Crippen molar-refractivity contribution in [3.8, 4) is 0 Å². The van der Waals surface area contributed by atoms with Gasteiger partial charge in [-0.25, -0.2) is 9.59 Å². The lowest BCUT2D eigenvalue weighted by Crippen LogP contribution is -2.82. The molecule has 2 saturated carbocycles. The molecule has 0 unspecified atom stereocenters. The lowest BCUT2D eigenvalue weighted by molar-refractivity contribution is -0.346. The monoisotopic (exact) mass is 716 g/mol. The van der Waals surface area contributed by atoms with Crippen molar-refractivity contribution in [3.05, 3.63) is 89.0 Å². The number of aliphatic hydroxyl groups is 2. The Hall–Kier alpha value is -4.65. The van der Waals surface area contributed by atoms with Crippen molar-refractivity contribution in [1.29, 1.82) is 0 Å². The average Bonchev–Trinajstić information content (AvgIpc) is 3.09. The van der Waals surface area contributed by atoms with Gasteiger partial charge in [0.1, 0.15) is 23.9 Å². The lowest BCUT2D eigenvalue weighted by atomic mass is 9.44. The minimum Gasteiger partial charge on any atom is -0.458 e. The fraction of sp³-hybridized carbons (Fsp3) is 0.475. The molecule has 0 amide bonds. The number of esters is 4. The molecular formula is C40H44O12. The number of fused-ring (bicyclic) bond motifs is 5. The van der Waals surface area contributed by atoms with Crippen LogP contribution in [0.2, 0.25) is 0 Å². The van der Waals surface area contributed by atoms with E-state index < -0.39 is 88.1 Å². The van der Waals surface area contributed by atoms with Crippen LogP contribution in [0.5, 0.6) is 0 Å². The smallest absolute Gasteiger partial charge is 0.338 e. The largest absolute Gasteiger partial charge is 0.458 e. The Morgan fingerprint density at radius 3 is 2.12 bits per heavy atom. The fourth-order valence-corrected chi connectivity index (χ4v) is 8.94. The Morgan fingerprint density at radius 1 is 0.904 bits per heavy atom. The zero-order valence-electron chi connectivity index (χ0n) is 30.0. The summed E-state index contributed by atoms with van der Waals surface area (Å²) in [4.78, 5) is 68.5. The molecule has 0 radical (unpaired) electrons. The number of rotatable bonds is 7. The van der Waals surface area contributed by atoms with E-state index in [4.69, 9.17) is 23.7 Å². The summed E-state index contributed by atoms with van der Waals surface area (Å²) < 4.78 is 30.0. The molecule has 1 aliphatic heterocycles. The molecule has 12 heteroatoms. The van der Waals surface area contributed by atoms with Crippen LogP contribution in [-0.4, -0.2) is 88.2 Å². The molecular weight excluding hydrogens is 672 g/mol. The number of benzene rings is 2. The summed E-state index contributed by atoms with van der Waals surface area (Å²) in [6.07, 6.45) is -4.81. The number of carbonyl (C=O) groups is 5. The van der Waals surface area contributed by atoms with Crippen LogP contribution in [0.3, 0.4) is 0 Å². The predicted octanol–water partition coefficient (Wildman–Crippen LogP) is 3.92. The van der Waals surface area contributed by atoms with Gasteiger partial charge >= 0.3 is 23.9 Å². The number of hydrogen-bond acceptors (Lipinski definition) is 12. The molecule has 12 nitrogen and oxygen atoms in total. The number of Topliss-reactive ketones (excluding diaryl/α,β-unsaturated/α-hetero) is 1. The number of ketones is 1. The summed E-state index contributed by atoms with van der Waals surface area (Å²) in [6, 6.07) is 17.0. The molecule has 1 heterocycles. The molecule has 3 aliphatic carbocycles. The van der Waals surface area contributed by atoms with Gasteiger partial charge in [0.25, 0.3) is 0 Å². The first-order valence-corrected chi connectivity index (χ1v) is 17.3. The molecule has 276 valence electrons. The Bertz CT molecular complexity index is 1830. The van der Waals surface area contributed by atoms with E-state index in [0.717, 1.165) is 0 Å². The number of aliphatic hydroxyl groups excluding tert-OH is 1. The molecule has 3 fully saturated rings. The van der Waals surface area contributed by atoms with Gasteiger partial charge < -0.3 is 33.9 Å². The van der Waals surface area contributed by atoms with Gasteiger partial charge in [0.2, 0.25) is 0 Å². The minimum absolute atomic E-state index is 0.125. The van der Waals surface area contributed by atoms with Crippen LogP contribution in [0.1, 0.15) is 70.3 Å². The van der Waals surface area contributed by atoms with E-state index >= 15 is 4.79 Å². The van der Waals surface area contributed by atoms with Gasteiger partial charge in [-0.15, -0.1) is 0 Å². The second-order valence-electron chi connectivity index (χ2n) is 14.9. The van der Waals surface area contributed by atoms with Gasteiger partial charge in [0.05, 0.1) is 29.6 Å². The third kappa shape index (κ3) is 5.86. The first kappa shape index (κ1) is 37.1. The minimum atomic E-state index is -2.20. The van der Waals surface area contributed by atoms with Gasteiger partial charge in [-0.3, -0.25) is 14.4 Å². The third-order valence-corrected chi connectivity index (χ3v) is 11.7. The zero-order chi connectivity index (χ0) is 37.8. The van der Waals surface area contributed by atoms with Crippen LogP contribution in [0, 0.1) is 16.7 Å². The van der Waals surface area contributed by atoms with Gasteiger partial charge in [-0.05, 0) is 48.8 Å². The van der Waals surface area contributed by atoms with Crippen LogP contribution in [-0.2, 0) is 42.9 Å². The standard InChI is InChI=1S/C40H44O12/c1-22-27(49-23(2)41)20-40(47)35(51-36(46)26-15-11-8-12-16-26)33-38(6,28(43)19-29-39(33,21-48-29)52-24(3)42)34(45)32(31(22)37(40,4)5)50-30(44)18-17-25-13-9-7-10-14-25/h7-18,27-29,32-33,35,43,47H,19-21H2,1-6H3/b18-17+/t27-,28-,29+,32+,33-,35-,38+,39-,40+/m0/s1. The van der Waals surface area contributed by atoms with Gasteiger partial charge in [-0.2, -0.15) is 0 Å². The molecule has 9 atom stereocenters. The second kappa shape index (κ2) is 13.4. The van der Waals surface area contributed by atoms with Gasteiger partial charge in [0.15, 0.2) is 17.5 Å². The highest BCUT2D eigenvalue weighted by molar-refractivity contribution is 5.97. The Balaban J connectivity index is 1.61. The van der Waals surface area contributed by atoms with E-state index in [9.17, 15) is 29.4 Å². The van der Waals surface area contributed by atoms with Crippen molar-refractivity contribution in [2.45, 2.75) is 96.1 Å². The van der Waals surface area contributed by atoms with Crippen molar-refractivity contribution >= 4 is 35.7 Å². The maximum Gasteiger partial charge on any atom is 0.338 e. The molecule has 2 bridgehead atoms. The zero-order valence-corrected chi connectivity index (χ0v) is 30.0. The Morgan fingerprint density at radius 2 is 1.54 bits per heavy atom. The summed E-state index contributed by atoms with van der Waals surface area (Å²) >= 11 is 0. The number of hydrogen-bond donors (Lipinski definition) is 2. The molecule has 0 spiro atoms. The molecule has 52 heavy (non-hydrogen) atoms. The molecule has 4 aliphatic rings. The maximum absolute atomic E-state index is 15.4. The Labute approximate surface area is 301 Å². The third-order valence-electron chi connectivity index (χ3n) is 11.7. The highest BCUT2D eigenvalue weighted by Gasteiger charge is 2.78. The maximum atomic E-state index is 15.4. The average molecular weight is 717 g/mol. The quantitative estimate of drug-likeness (QED) is 0.184. The van der Waals surface area contributed by atoms with E-state index in [-0.39, 0.29) is 30.6 Å². The molecule has 1 saturated heterocycles. The van der Waals surface area contributed by atoms with Crippen molar-refractivity contribution in [2.75, 3.05) is 6.61 Å².